The summed E-state index contributed by atoms with van der Waals surface area (Å²) in [6, 6.07) is 7.86. The van der Waals surface area contributed by atoms with Crippen molar-refractivity contribution in [1.29, 1.82) is 5.26 Å². The highest BCUT2D eigenvalue weighted by Gasteiger charge is 2.30. The zero-order valence-electron chi connectivity index (χ0n) is 9.37. The lowest BCUT2D eigenvalue weighted by Crippen LogP contribution is -2.04. The third-order valence-corrected chi connectivity index (χ3v) is 2.69. The van der Waals surface area contributed by atoms with Gasteiger partial charge in [0, 0.05) is 11.8 Å². The minimum absolute atomic E-state index is 0.115. The Morgan fingerprint density at radius 2 is 1.79 bits per heavy atom. The van der Waals surface area contributed by atoms with Crippen molar-refractivity contribution in [2.24, 2.45) is 0 Å². The SMILES string of the molecule is N#Cc1ncc(Cl)cc1-c1ccc(C(F)(F)F)cc1. The zero-order valence-corrected chi connectivity index (χ0v) is 10.1. The van der Waals surface area contributed by atoms with E-state index in [-0.39, 0.29) is 5.69 Å². The van der Waals surface area contributed by atoms with E-state index in [0.717, 1.165) is 12.1 Å². The third-order valence-electron chi connectivity index (χ3n) is 2.48. The van der Waals surface area contributed by atoms with E-state index in [9.17, 15) is 13.2 Å². The highest BCUT2D eigenvalue weighted by atomic mass is 35.5. The van der Waals surface area contributed by atoms with Crippen LogP contribution in [0.25, 0.3) is 11.1 Å². The quantitative estimate of drug-likeness (QED) is 0.782. The molecule has 96 valence electrons. The molecule has 0 atom stereocenters. The summed E-state index contributed by atoms with van der Waals surface area (Å²) in [6.07, 6.45) is -3.07. The van der Waals surface area contributed by atoms with E-state index >= 15 is 0 Å². The Balaban J connectivity index is 2.49. The van der Waals surface area contributed by atoms with Gasteiger partial charge in [-0.2, -0.15) is 18.4 Å². The Hall–Kier alpha value is -2.06. The van der Waals surface area contributed by atoms with Crippen molar-refractivity contribution in [3.05, 3.63) is 52.8 Å². The normalized spacial score (nSPS) is 11.1. The predicted molar refractivity (Wildman–Crippen MR) is 64.4 cm³/mol. The molecule has 0 saturated heterocycles. The fraction of sp³-hybridized carbons (Fsp3) is 0.0769. The Morgan fingerprint density at radius 1 is 1.16 bits per heavy atom. The maximum absolute atomic E-state index is 12.4. The summed E-state index contributed by atoms with van der Waals surface area (Å²) in [4.78, 5) is 3.83. The highest BCUT2D eigenvalue weighted by molar-refractivity contribution is 6.30. The number of alkyl halides is 3. The minimum atomic E-state index is -4.39. The van der Waals surface area contributed by atoms with E-state index in [4.69, 9.17) is 16.9 Å². The first kappa shape index (κ1) is 13.4. The number of pyridine rings is 1. The Labute approximate surface area is 112 Å². The molecule has 0 N–H and O–H groups in total. The van der Waals surface area contributed by atoms with Gasteiger partial charge >= 0.3 is 6.18 Å². The van der Waals surface area contributed by atoms with Crippen LogP contribution in [0, 0.1) is 11.3 Å². The largest absolute Gasteiger partial charge is 0.416 e. The molecule has 2 nitrogen and oxygen atoms in total. The van der Waals surface area contributed by atoms with Crippen molar-refractivity contribution in [2.75, 3.05) is 0 Å². The van der Waals surface area contributed by atoms with Gasteiger partial charge < -0.3 is 0 Å². The second-order valence-electron chi connectivity index (χ2n) is 3.74. The summed E-state index contributed by atoms with van der Waals surface area (Å²) in [5, 5.41) is 9.23. The molecule has 0 amide bonds. The van der Waals surface area contributed by atoms with Gasteiger partial charge in [-0.3, -0.25) is 0 Å². The molecule has 1 heterocycles. The molecule has 6 heteroatoms. The zero-order chi connectivity index (χ0) is 14.0. The molecule has 1 aromatic heterocycles. The molecule has 1 aromatic carbocycles. The first-order valence-corrected chi connectivity index (χ1v) is 5.53. The summed E-state index contributed by atoms with van der Waals surface area (Å²) < 4.78 is 37.3. The van der Waals surface area contributed by atoms with Crippen molar-refractivity contribution in [3.63, 3.8) is 0 Å². The number of nitrogens with zero attached hydrogens (tertiary/aromatic N) is 2. The number of benzene rings is 1. The topological polar surface area (TPSA) is 36.7 Å². The van der Waals surface area contributed by atoms with Crippen LogP contribution in [0.3, 0.4) is 0 Å². The predicted octanol–water partition coefficient (Wildman–Crippen LogP) is 4.29. The number of nitriles is 1. The van der Waals surface area contributed by atoms with Crippen LogP contribution in [0.4, 0.5) is 13.2 Å². The minimum Gasteiger partial charge on any atom is -0.243 e. The molecule has 0 unspecified atom stereocenters. The Morgan fingerprint density at radius 3 is 2.32 bits per heavy atom. The van der Waals surface area contributed by atoms with Crippen LogP contribution < -0.4 is 0 Å². The first-order chi connectivity index (χ1) is 8.91. The monoisotopic (exact) mass is 282 g/mol. The summed E-state index contributed by atoms with van der Waals surface area (Å²) >= 11 is 5.78. The van der Waals surface area contributed by atoms with Crippen molar-refractivity contribution < 1.29 is 13.2 Å². The molecule has 0 aliphatic carbocycles. The van der Waals surface area contributed by atoms with Gasteiger partial charge in [0.1, 0.15) is 11.8 Å². The van der Waals surface area contributed by atoms with Gasteiger partial charge in [-0.05, 0) is 23.8 Å². The average molecular weight is 283 g/mol. The van der Waals surface area contributed by atoms with Crippen LogP contribution in [-0.4, -0.2) is 4.98 Å². The van der Waals surface area contributed by atoms with Crippen LogP contribution in [0.1, 0.15) is 11.3 Å². The van der Waals surface area contributed by atoms with Crippen LogP contribution in [-0.2, 0) is 6.18 Å². The molecular weight excluding hydrogens is 277 g/mol. The Bertz CT molecular complexity index is 642. The standard InChI is InChI=1S/C13H6ClF3N2/c14-10-5-11(12(6-18)19-7-10)8-1-3-9(4-2-8)13(15,16)17/h1-5,7H. The van der Waals surface area contributed by atoms with Gasteiger partial charge in [-0.25, -0.2) is 4.98 Å². The van der Waals surface area contributed by atoms with E-state index in [2.05, 4.69) is 4.98 Å². The third kappa shape index (κ3) is 2.85. The van der Waals surface area contributed by atoms with Crippen molar-refractivity contribution in [3.8, 4) is 17.2 Å². The molecule has 0 spiro atoms. The van der Waals surface area contributed by atoms with Crippen molar-refractivity contribution in [2.45, 2.75) is 6.18 Å². The van der Waals surface area contributed by atoms with E-state index in [1.807, 2.05) is 6.07 Å². The molecule has 0 aliphatic heterocycles. The smallest absolute Gasteiger partial charge is 0.243 e. The number of hydrogen-bond donors (Lipinski definition) is 0. The lowest BCUT2D eigenvalue weighted by molar-refractivity contribution is -0.137. The molecule has 0 radical (unpaired) electrons. The number of hydrogen-bond acceptors (Lipinski definition) is 2. The van der Waals surface area contributed by atoms with Crippen LogP contribution in [0.5, 0.6) is 0 Å². The average Bonchev–Trinajstić information content (AvgIpc) is 2.38. The maximum atomic E-state index is 12.4. The van der Waals surface area contributed by atoms with Crippen molar-refractivity contribution in [1.82, 2.24) is 4.98 Å². The number of halogens is 4. The Kier molecular flexibility index (Phi) is 3.45. The van der Waals surface area contributed by atoms with Crippen molar-refractivity contribution >= 4 is 11.6 Å². The molecule has 2 aromatic rings. The highest BCUT2D eigenvalue weighted by Crippen LogP contribution is 2.32. The maximum Gasteiger partial charge on any atom is 0.416 e. The van der Waals surface area contributed by atoms with Gasteiger partial charge in [0.2, 0.25) is 0 Å². The fourth-order valence-electron chi connectivity index (χ4n) is 1.59. The molecular formula is C13H6ClF3N2. The summed E-state index contributed by atoms with van der Waals surface area (Å²) in [5.41, 5.74) is 0.233. The lowest BCUT2D eigenvalue weighted by atomic mass is 10.0. The fourth-order valence-corrected chi connectivity index (χ4v) is 1.75. The van der Waals surface area contributed by atoms with Gasteiger partial charge in [-0.1, -0.05) is 23.7 Å². The van der Waals surface area contributed by atoms with Crippen LogP contribution in [0.15, 0.2) is 36.5 Å². The van der Waals surface area contributed by atoms with Crippen LogP contribution in [0.2, 0.25) is 5.02 Å². The van der Waals surface area contributed by atoms with Gasteiger partial charge in [0.15, 0.2) is 0 Å². The molecule has 19 heavy (non-hydrogen) atoms. The van der Waals surface area contributed by atoms with E-state index in [1.54, 1.807) is 0 Å². The molecule has 0 aliphatic rings. The summed E-state index contributed by atoms with van der Waals surface area (Å²) in [5.74, 6) is 0. The van der Waals surface area contributed by atoms with Crippen LogP contribution >= 0.6 is 11.6 Å². The molecule has 0 fully saturated rings. The summed E-state index contributed by atoms with van der Waals surface area (Å²) in [6.45, 7) is 0. The van der Waals surface area contributed by atoms with Gasteiger partial charge in [0.25, 0.3) is 0 Å². The van der Waals surface area contributed by atoms with E-state index in [0.29, 0.717) is 16.1 Å². The van der Waals surface area contributed by atoms with E-state index < -0.39 is 11.7 Å². The van der Waals surface area contributed by atoms with Gasteiger partial charge in [0.05, 0.1) is 10.6 Å². The first-order valence-electron chi connectivity index (χ1n) is 5.15. The number of rotatable bonds is 1. The second kappa shape index (κ2) is 4.90. The number of aromatic nitrogens is 1. The lowest BCUT2D eigenvalue weighted by Gasteiger charge is -2.08. The molecule has 0 saturated carbocycles. The molecule has 2 rings (SSSR count). The van der Waals surface area contributed by atoms with E-state index in [1.165, 1.54) is 24.4 Å². The molecule has 0 bridgehead atoms. The summed E-state index contributed by atoms with van der Waals surface area (Å²) in [7, 11) is 0. The van der Waals surface area contributed by atoms with Gasteiger partial charge in [-0.15, -0.1) is 0 Å². The second-order valence-corrected chi connectivity index (χ2v) is 4.17.